The largest absolute Gasteiger partial charge is 0.504 e. The number of rotatable bonds is 4. The molecule has 0 atom stereocenters. The fourth-order valence-electron chi connectivity index (χ4n) is 0.806. The first kappa shape index (κ1) is 10.1. The summed E-state index contributed by atoms with van der Waals surface area (Å²) < 4.78 is 5.03. The highest BCUT2D eigenvalue weighted by molar-refractivity contribution is 5.86. The monoisotopic (exact) mass is 194 g/mol. The van der Waals surface area contributed by atoms with E-state index >= 15 is 0 Å². The van der Waals surface area contributed by atoms with E-state index in [1.807, 2.05) is 0 Å². The Bertz CT molecular complexity index is 357. The molecule has 0 bridgehead atoms. The molecule has 0 spiro atoms. The Balaban J connectivity index is 2.58. The summed E-state index contributed by atoms with van der Waals surface area (Å²) in [6.45, 7) is 3.15. The molecule has 14 heavy (non-hydrogen) atoms. The third-order valence-electron chi connectivity index (χ3n) is 1.57. The summed E-state index contributed by atoms with van der Waals surface area (Å²) in [5.41, 5.74) is -0.0618. The van der Waals surface area contributed by atoms with Crippen LogP contribution in [0.25, 0.3) is 0 Å². The molecular formula is C10H10O4. The number of aromatic hydroxyl groups is 1. The lowest BCUT2D eigenvalue weighted by molar-refractivity contribution is -0.133. The van der Waals surface area contributed by atoms with Gasteiger partial charge in [0.15, 0.2) is 11.5 Å². The average molecular weight is 194 g/mol. The van der Waals surface area contributed by atoms with Crippen LogP contribution >= 0.6 is 0 Å². The average Bonchev–Trinajstić information content (AvgIpc) is 2.16. The highest BCUT2D eigenvalue weighted by atomic mass is 16.5. The summed E-state index contributed by atoms with van der Waals surface area (Å²) in [4.78, 5) is 10.4. The second-order valence-electron chi connectivity index (χ2n) is 2.67. The van der Waals surface area contributed by atoms with Crippen molar-refractivity contribution in [3.63, 3.8) is 0 Å². The predicted octanol–water partition coefficient (Wildman–Crippen LogP) is 1.41. The number of benzene rings is 1. The van der Waals surface area contributed by atoms with E-state index in [2.05, 4.69) is 6.58 Å². The highest BCUT2D eigenvalue weighted by Crippen LogP contribution is 2.24. The second kappa shape index (κ2) is 4.32. The van der Waals surface area contributed by atoms with E-state index in [4.69, 9.17) is 9.84 Å². The van der Waals surface area contributed by atoms with Gasteiger partial charge in [0.25, 0.3) is 0 Å². The van der Waals surface area contributed by atoms with Crippen LogP contribution in [0.3, 0.4) is 0 Å². The molecule has 0 saturated heterocycles. The molecule has 4 nitrogen and oxygen atoms in total. The molecule has 0 radical (unpaired) electrons. The van der Waals surface area contributed by atoms with Crippen molar-refractivity contribution in [2.75, 3.05) is 6.61 Å². The minimum Gasteiger partial charge on any atom is -0.504 e. The van der Waals surface area contributed by atoms with E-state index in [0.717, 1.165) is 0 Å². The molecule has 1 rings (SSSR count). The van der Waals surface area contributed by atoms with Gasteiger partial charge in [-0.2, -0.15) is 0 Å². The van der Waals surface area contributed by atoms with Gasteiger partial charge >= 0.3 is 5.97 Å². The molecule has 1 aromatic carbocycles. The van der Waals surface area contributed by atoms with Crippen molar-refractivity contribution < 1.29 is 19.7 Å². The topological polar surface area (TPSA) is 66.8 Å². The summed E-state index contributed by atoms with van der Waals surface area (Å²) in [5, 5.41) is 17.7. The third kappa shape index (κ3) is 2.52. The van der Waals surface area contributed by atoms with Crippen LogP contribution in [0.15, 0.2) is 36.4 Å². The van der Waals surface area contributed by atoms with E-state index in [1.165, 1.54) is 6.07 Å². The van der Waals surface area contributed by atoms with E-state index < -0.39 is 5.97 Å². The van der Waals surface area contributed by atoms with Gasteiger partial charge in [-0.05, 0) is 12.1 Å². The van der Waals surface area contributed by atoms with Gasteiger partial charge in [0.1, 0.15) is 6.61 Å². The molecule has 0 heterocycles. The number of ether oxygens (including phenoxy) is 1. The minimum atomic E-state index is -1.11. The SMILES string of the molecule is C=C(COc1ccccc1O)C(=O)O. The van der Waals surface area contributed by atoms with Crippen molar-refractivity contribution in [1.82, 2.24) is 0 Å². The maximum Gasteiger partial charge on any atom is 0.334 e. The fraction of sp³-hybridized carbons (Fsp3) is 0.100. The smallest absolute Gasteiger partial charge is 0.334 e. The first-order chi connectivity index (χ1) is 6.61. The van der Waals surface area contributed by atoms with Gasteiger partial charge in [-0.25, -0.2) is 4.79 Å². The lowest BCUT2D eigenvalue weighted by Crippen LogP contribution is -2.08. The Morgan fingerprint density at radius 1 is 1.43 bits per heavy atom. The van der Waals surface area contributed by atoms with Crippen LogP contribution in [0.5, 0.6) is 11.5 Å². The lowest BCUT2D eigenvalue weighted by atomic mass is 10.3. The molecule has 0 aliphatic heterocycles. The van der Waals surface area contributed by atoms with Crippen molar-refractivity contribution >= 4 is 5.97 Å². The number of carboxylic acid groups (broad SMARTS) is 1. The van der Waals surface area contributed by atoms with Gasteiger partial charge < -0.3 is 14.9 Å². The molecule has 2 N–H and O–H groups in total. The van der Waals surface area contributed by atoms with Crippen LogP contribution in [-0.4, -0.2) is 22.8 Å². The fourth-order valence-corrected chi connectivity index (χ4v) is 0.806. The van der Waals surface area contributed by atoms with E-state index in [1.54, 1.807) is 18.2 Å². The summed E-state index contributed by atoms with van der Waals surface area (Å²) in [6.07, 6.45) is 0. The second-order valence-corrected chi connectivity index (χ2v) is 2.67. The van der Waals surface area contributed by atoms with E-state index in [9.17, 15) is 9.90 Å². The number of hydrogen-bond acceptors (Lipinski definition) is 3. The first-order valence-electron chi connectivity index (χ1n) is 3.93. The zero-order valence-corrected chi connectivity index (χ0v) is 7.43. The Morgan fingerprint density at radius 3 is 2.64 bits per heavy atom. The molecule has 0 unspecified atom stereocenters. The molecule has 0 fully saturated rings. The van der Waals surface area contributed by atoms with Gasteiger partial charge in [0.2, 0.25) is 0 Å². The van der Waals surface area contributed by atoms with Crippen LogP contribution in [0.1, 0.15) is 0 Å². The number of phenolic OH excluding ortho intramolecular Hbond substituents is 1. The molecule has 0 saturated carbocycles. The van der Waals surface area contributed by atoms with Crippen LogP contribution in [-0.2, 0) is 4.79 Å². The zero-order valence-electron chi connectivity index (χ0n) is 7.43. The Labute approximate surface area is 81.1 Å². The Kier molecular flexibility index (Phi) is 3.12. The number of hydrogen-bond donors (Lipinski definition) is 2. The molecular weight excluding hydrogens is 184 g/mol. The van der Waals surface area contributed by atoms with Crippen molar-refractivity contribution in [3.8, 4) is 11.5 Å². The molecule has 0 amide bonds. The number of aliphatic carboxylic acids is 1. The van der Waals surface area contributed by atoms with Crippen LogP contribution in [0.4, 0.5) is 0 Å². The molecule has 0 aliphatic carbocycles. The summed E-state index contributed by atoms with van der Waals surface area (Å²) >= 11 is 0. The number of para-hydroxylation sites is 2. The van der Waals surface area contributed by atoms with Gasteiger partial charge in [-0.3, -0.25) is 0 Å². The molecule has 1 aromatic rings. The van der Waals surface area contributed by atoms with Crippen molar-refractivity contribution in [3.05, 3.63) is 36.4 Å². The predicted molar refractivity (Wildman–Crippen MR) is 50.4 cm³/mol. The molecule has 0 aromatic heterocycles. The summed E-state index contributed by atoms with van der Waals surface area (Å²) in [6, 6.07) is 6.33. The van der Waals surface area contributed by atoms with Crippen LogP contribution < -0.4 is 4.74 Å². The maximum absolute atomic E-state index is 10.4. The van der Waals surface area contributed by atoms with Crippen molar-refractivity contribution in [1.29, 1.82) is 0 Å². The van der Waals surface area contributed by atoms with E-state index in [-0.39, 0.29) is 23.7 Å². The highest BCUT2D eigenvalue weighted by Gasteiger charge is 2.06. The Hall–Kier alpha value is -1.97. The zero-order chi connectivity index (χ0) is 10.6. The van der Waals surface area contributed by atoms with Gasteiger partial charge in [-0.1, -0.05) is 18.7 Å². The van der Waals surface area contributed by atoms with Crippen LogP contribution in [0, 0.1) is 0 Å². The third-order valence-corrected chi connectivity index (χ3v) is 1.57. The standard InChI is InChI=1S/C10H10O4/c1-7(10(12)13)6-14-9-5-3-2-4-8(9)11/h2-5,11H,1,6H2,(H,12,13). The van der Waals surface area contributed by atoms with Crippen molar-refractivity contribution in [2.24, 2.45) is 0 Å². The number of carbonyl (C=O) groups is 1. The minimum absolute atomic E-state index is 0.0225. The maximum atomic E-state index is 10.4. The molecule has 74 valence electrons. The summed E-state index contributed by atoms with van der Waals surface area (Å²) in [7, 11) is 0. The molecule has 0 aliphatic rings. The quantitative estimate of drug-likeness (QED) is 0.711. The van der Waals surface area contributed by atoms with Gasteiger partial charge in [-0.15, -0.1) is 0 Å². The van der Waals surface area contributed by atoms with Gasteiger partial charge in [0.05, 0.1) is 5.57 Å². The molecule has 4 heteroatoms. The Morgan fingerprint density at radius 2 is 2.07 bits per heavy atom. The first-order valence-corrected chi connectivity index (χ1v) is 3.93. The summed E-state index contributed by atoms with van der Waals surface area (Å²) in [5.74, 6) is -0.888. The van der Waals surface area contributed by atoms with Gasteiger partial charge in [0, 0.05) is 0 Å². The normalized spacial score (nSPS) is 9.43. The number of carboxylic acids is 1. The number of phenols is 1. The lowest BCUT2D eigenvalue weighted by Gasteiger charge is -2.06. The van der Waals surface area contributed by atoms with Crippen LogP contribution in [0.2, 0.25) is 0 Å². The van der Waals surface area contributed by atoms with E-state index in [0.29, 0.717) is 0 Å². The van der Waals surface area contributed by atoms with Crippen molar-refractivity contribution in [2.45, 2.75) is 0 Å².